The number of hydrogen-bond acceptors (Lipinski definition) is 6. The van der Waals surface area contributed by atoms with Crippen LogP contribution in [0.1, 0.15) is 26.2 Å². The van der Waals surface area contributed by atoms with Crippen molar-refractivity contribution in [2.45, 2.75) is 38.3 Å². The molecule has 6 nitrogen and oxygen atoms in total. The van der Waals surface area contributed by atoms with Crippen molar-refractivity contribution >= 4 is 28.6 Å². The van der Waals surface area contributed by atoms with Gasteiger partial charge in [-0.15, -0.1) is 11.3 Å². The van der Waals surface area contributed by atoms with Crippen molar-refractivity contribution < 1.29 is 9.53 Å². The summed E-state index contributed by atoms with van der Waals surface area (Å²) in [6, 6.07) is 4.37. The maximum Gasteiger partial charge on any atom is 0.220 e. The number of anilines is 2. The molecule has 1 saturated carbocycles. The molecule has 142 valence electrons. The molecule has 0 spiro atoms. The molecule has 0 unspecified atom stereocenters. The second-order valence-electron chi connectivity index (χ2n) is 7.16. The van der Waals surface area contributed by atoms with E-state index in [1.807, 2.05) is 30.6 Å². The van der Waals surface area contributed by atoms with E-state index >= 15 is 0 Å². The molecule has 27 heavy (non-hydrogen) atoms. The van der Waals surface area contributed by atoms with Crippen LogP contribution in [0.25, 0.3) is 10.6 Å². The van der Waals surface area contributed by atoms with Crippen molar-refractivity contribution in [1.29, 1.82) is 0 Å². The van der Waals surface area contributed by atoms with E-state index in [1.165, 1.54) is 0 Å². The first-order chi connectivity index (χ1) is 13.1. The molecule has 0 bridgehead atoms. The lowest BCUT2D eigenvalue weighted by Crippen LogP contribution is -2.27. The van der Waals surface area contributed by atoms with Gasteiger partial charge in [0.25, 0.3) is 0 Å². The largest absolute Gasteiger partial charge is 0.488 e. The lowest BCUT2D eigenvalue weighted by atomic mass is 10.0. The number of nitrogens with zero attached hydrogens (tertiary/aromatic N) is 2. The van der Waals surface area contributed by atoms with Crippen LogP contribution in [0.5, 0.6) is 5.75 Å². The summed E-state index contributed by atoms with van der Waals surface area (Å²) in [5.74, 6) is 0.949. The Morgan fingerprint density at radius 3 is 2.89 bits per heavy atom. The Kier molecular flexibility index (Phi) is 4.78. The molecule has 1 amide bonds. The van der Waals surface area contributed by atoms with Crippen LogP contribution in [0, 0.1) is 5.92 Å². The van der Waals surface area contributed by atoms with E-state index in [0.717, 1.165) is 34.8 Å². The first-order valence-corrected chi connectivity index (χ1v) is 10.1. The van der Waals surface area contributed by atoms with Crippen LogP contribution in [-0.2, 0) is 4.79 Å². The first-order valence-electron chi connectivity index (χ1n) is 9.24. The van der Waals surface area contributed by atoms with Gasteiger partial charge in [0, 0.05) is 42.1 Å². The third-order valence-corrected chi connectivity index (χ3v) is 5.99. The third-order valence-electron chi connectivity index (χ3n) is 5.16. The van der Waals surface area contributed by atoms with E-state index in [4.69, 9.17) is 10.5 Å². The number of carbonyl (C=O) groups excluding carboxylic acids is 1. The molecular weight excluding hydrogens is 360 g/mol. The van der Waals surface area contributed by atoms with Gasteiger partial charge < -0.3 is 20.7 Å². The number of hydrogen-bond donors (Lipinski definition) is 2. The summed E-state index contributed by atoms with van der Waals surface area (Å²) in [6.45, 7) is 6.62. The predicted molar refractivity (Wildman–Crippen MR) is 109 cm³/mol. The van der Waals surface area contributed by atoms with Gasteiger partial charge in [-0.2, -0.15) is 0 Å². The van der Waals surface area contributed by atoms with Gasteiger partial charge in [-0.1, -0.05) is 6.58 Å². The van der Waals surface area contributed by atoms with Crippen LogP contribution in [0.4, 0.5) is 11.4 Å². The number of nitrogen functional groups attached to an aromatic ring is 1. The average Bonchev–Trinajstić information content (AvgIpc) is 3.15. The zero-order valence-corrected chi connectivity index (χ0v) is 16.2. The van der Waals surface area contributed by atoms with Crippen LogP contribution in [-0.4, -0.2) is 29.6 Å². The fraction of sp³-hybridized carbons (Fsp3) is 0.400. The quantitative estimate of drug-likeness (QED) is 0.715. The van der Waals surface area contributed by atoms with Crippen LogP contribution < -0.4 is 20.7 Å². The molecule has 2 atom stereocenters. The summed E-state index contributed by atoms with van der Waals surface area (Å²) in [5, 5.41) is 5.73. The Morgan fingerprint density at radius 2 is 2.30 bits per heavy atom. The molecule has 1 aromatic heterocycles. The Morgan fingerprint density at radius 1 is 1.48 bits per heavy atom. The molecule has 4 rings (SSSR count). The molecule has 1 aliphatic heterocycles. The smallest absolute Gasteiger partial charge is 0.220 e. The van der Waals surface area contributed by atoms with E-state index in [-0.39, 0.29) is 17.9 Å². The normalized spacial score (nSPS) is 20.2. The zero-order valence-electron chi connectivity index (χ0n) is 15.4. The highest BCUT2D eigenvalue weighted by Gasteiger charge is 2.33. The standard InChI is InChI=1S/C20H24N4O2S/c1-3-24(15-4-5-15)19-16(21)8-13(20-22-6-7-27-20)9-17(19)26-12(2)14-10-18(25)23-11-14/h3,6-9,12,14-15H,1,4-5,10-11,21H2,2H3,(H,23,25)/t12-,14-/m1/s1. The summed E-state index contributed by atoms with van der Waals surface area (Å²) in [7, 11) is 0. The molecule has 3 N–H and O–H groups in total. The summed E-state index contributed by atoms with van der Waals surface area (Å²) in [4.78, 5) is 18.1. The fourth-order valence-electron chi connectivity index (χ4n) is 3.52. The number of nitrogens with one attached hydrogen (secondary N) is 1. The van der Waals surface area contributed by atoms with Crippen molar-refractivity contribution in [3.63, 3.8) is 0 Å². The lowest BCUT2D eigenvalue weighted by Gasteiger charge is -2.28. The molecule has 2 aliphatic rings. The van der Waals surface area contributed by atoms with Crippen LogP contribution in [0.15, 0.2) is 36.5 Å². The summed E-state index contributed by atoms with van der Waals surface area (Å²) < 4.78 is 6.37. The van der Waals surface area contributed by atoms with Crippen molar-refractivity contribution in [3.05, 3.63) is 36.5 Å². The molecule has 0 radical (unpaired) electrons. The molecule has 1 aliphatic carbocycles. The Bertz CT molecular complexity index is 848. The highest BCUT2D eigenvalue weighted by atomic mass is 32.1. The lowest BCUT2D eigenvalue weighted by molar-refractivity contribution is -0.119. The SMILES string of the molecule is C=CN(c1c(N)cc(-c2nccs2)cc1O[C@H](C)[C@H]1CNC(=O)C1)C1CC1. The molecule has 7 heteroatoms. The Balaban J connectivity index is 1.71. The van der Waals surface area contributed by atoms with Crippen molar-refractivity contribution in [3.8, 4) is 16.3 Å². The van der Waals surface area contributed by atoms with Gasteiger partial charge in [0.05, 0.1) is 5.69 Å². The highest BCUT2D eigenvalue weighted by Crippen LogP contribution is 2.44. The van der Waals surface area contributed by atoms with E-state index in [2.05, 4.69) is 21.8 Å². The maximum absolute atomic E-state index is 11.6. The number of rotatable bonds is 7. The van der Waals surface area contributed by atoms with Crippen molar-refractivity contribution in [2.75, 3.05) is 17.2 Å². The molecule has 2 aromatic rings. The van der Waals surface area contributed by atoms with Crippen LogP contribution >= 0.6 is 11.3 Å². The molecule has 2 fully saturated rings. The number of nitrogens with two attached hydrogens (primary N) is 1. The molecular formula is C20H24N4O2S. The Hall–Kier alpha value is -2.54. The number of benzene rings is 1. The van der Waals surface area contributed by atoms with Gasteiger partial charge in [-0.25, -0.2) is 4.98 Å². The van der Waals surface area contributed by atoms with Gasteiger partial charge in [0.2, 0.25) is 5.91 Å². The molecule has 2 heterocycles. The second-order valence-corrected chi connectivity index (χ2v) is 8.06. The van der Waals surface area contributed by atoms with E-state index in [1.54, 1.807) is 17.5 Å². The van der Waals surface area contributed by atoms with E-state index in [9.17, 15) is 4.79 Å². The van der Waals surface area contributed by atoms with Gasteiger partial charge in [0.1, 0.15) is 22.5 Å². The summed E-state index contributed by atoms with van der Waals surface area (Å²) in [6.07, 6.45) is 6.23. The van der Waals surface area contributed by atoms with E-state index in [0.29, 0.717) is 24.7 Å². The van der Waals surface area contributed by atoms with Gasteiger partial charge in [0.15, 0.2) is 0 Å². The van der Waals surface area contributed by atoms with Crippen molar-refractivity contribution in [2.24, 2.45) is 5.92 Å². The minimum absolute atomic E-state index is 0.0809. The highest BCUT2D eigenvalue weighted by molar-refractivity contribution is 7.13. The van der Waals surface area contributed by atoms with Crippen molar-refractivity contribution in [1.82, 2.24) is 10.3 Å². The molecule has 1 saturated heterocycles. The predicted octanol–water partition coefficient (Wildman–Crippen LogP) is 3.41. The summed E-state index contributed by atoms with van der Waals surface area (Å²) >= 11 is 1.57. The number of amides is 1. The maximum atomic E-state index is 11.6. The Labute approximate surface area is 163 Å². The number of aromatic nitrogens is 1. The van der Waals surface area contributed by atoms with Gasteiger partial charge >= 0.3 is 0 Å². The second kappa shape index (κ2) is 7.23. The minimum Gasteiger partial charge on any atom is -0.488 e. The number of carbonyl (C=O) groups is 1. The fourth-order valence-corrected chi connectivity index (χ4v) is 4.14. The third kappa shape index (κ3) is 3.64. The van der Waals surface area contributed by atoms with E-state index < -0.39 is 0 Å². The minimum atomic E-state index is -0.112. The van der Waals surface area contributed by atoms with Crippen LogP contribution in [0.2, 0.25) is 0 Å². The topological polar surface area (TPSA) is 80.5 Å². The monoisotopic (exact) mass is 384 g/mol. The first kappa shape index (κ1) is 17.9. The van der Waals surface area contributed by atoms with Gasteiger partial charge in [-0.3, -0.25) is 4.79 Å². The summed E-state index contributed by atoms with van der Waals surface area (Å²) in [5.41, 5.74) is 8.91. The van der Waals surface area contributed by atoms with Crippen LogP contribution in [0.3, 0.4) is 0 Å². The number of thiazole rings is 1. The zero-order chi connectivity index (χ0) is 19.0. The molecule has 1 aromatic carbocycles. The number of ether oxygens (including phenoxy) is 1. The van der Waals surface area contributed by atoms with Gasteiger partial charge in [-0.05, 0) is 38.1 Å². The average molecular weight is 385 g/mol.